The molecule has 0 amide bonds. The molecule has 110 valence electrons. The maximum Gasteiger partial charge on any atom is 0.309 e. The molecule has 0 saturated heterocycles. The van der Waals surface area contributed by atoms with Crippen LogP contribution in [0, 0.1) is 6.92 Å². The molecule has 0 bridgehead atoms. The fourth-order valence-corrected chi connectivity index (χ4v) is 2.18. The van der Waals surface area contributed by atoms with Gasteiger partial charge in [-0.3, -0.25) is 4.79 Å². The number of carbonyl (C=O) groups excluding carboxylic acids is 1. The first-order valence-electron chi connectivity index (χ1n) is 7.09. The highest BCUT2D eigenvalue weighted by Crippen LogP contribution is 2.11. The zero-order chi connectivity index (χ0) is 15.1. The number of carbonyl (C=O) groups is 1. The number of ether oxygens (including phenoxy) is 1. The number of nitrogens with one attached hydrogen (secondary N) is 1. The first kappa shape index (κ1) is 15.3. The molecule has 0 aliphatic rings. The molecule has 0 fully saturated rings. The summed E-state index contributed by atoms with van der Waals surface area (Å²) in [6, 6.07) is 16.4. The van der Waals surface area contributed by atoms with E-state index < -0.39 is 0 Å². The second kappa shape index (κ2) is 7.60. The van der Waals surface area contributed by atoms with Gasteiger partial charge in [-0.1, -0.05) is 54.1 Å². The summed E-state index contributed by atoms with van der Waals surface area (Å²) < 4.78 is 4.73. The van der Waals surface area contributed by atoms with Crippen LogP contribution in [0.2, 0.25) is 0 Å². The molecule has 0 unspecified atom stereocenters. The van der Waals surface area contributed by atoms with Crippen LogP contribution in [-0.4, -0.2) is 13.1 Å². The molecule has 2 rings (SSSR count). The molecule has 0 aliphatic heterocycles. The normalized spacial score (nSPS) is 10.4. The van der Waals surface area contributed by atoms with Crippen molar-refractivity contribution >= 4 is 5.97 Å². The Hall–Kier alpha value is -2.13. The van der Waals surface area contributed by atoms with Gasteiger partial charge in [-0.2, -0.15) is 0 Å². The van der Waals surface area contributed by atoms with Crippen LogP contribution in [0.15, 0.2) is 48.5 Å². The van der Waals surface area contributed by atoms with Gasteiger partial charge in [0, 0.05) is 13.1 Å². The van der Waals surface area contributed by atoms with Crippen LogP contribution in [0.4, 0.5) is 0 Å². The van der Waals surface area contributed by atoms with Crippen LogP contribution >= 0.6 is 0 Å². The van der Waals surface area contributed by atoms with E-state index in [1.54, 1.807) is 0 Å². The number of hydrogen-bond donors (Lipinski definition) is 1. The van der Waals surface area contributed by atoms with Crippen molar-refractivity contribution in [1.29, 1.82) is 0 Å². The van der Waals surface area contributed by atoms with Gasteiger partial charge in [0.25, 0.3) is 0 Å². The summed E-state index contributed by atoms with van der Waals surface area (Å²) in [7, 11) is 1.42. The van der Waals surface area contributed by atoms with E-state index in [1.165, 1.54) is 18.2 Å². The lowest BCUT2D eigenvalue weighted by Crippen LogP contribution is -2.15. The SMILES string of the molecule is COC(=O)Cc1ccccc1CNCc1ccc(C)cc1. The first-order chi connectivity index (χ1) is 10.2. The Bertz CT molecular complexity index is 590. The smallest absolute Gasteiger partial charge is 0.309 e. The largest absolute Gasteiger partial charge is 0.469 e. The van der Waals surface area contributed by atoms with E-state index in [2.05, 4.69) is 36.5 Å². The summed E-state index contributed by atoms with van der Waals surface area (Å²) in [6.45, 7) is 3.63. The molecule has 0 atom stereocenters. The third kappa shape index (κ3) is 4.72. The Morgan fingerprint density at radius 2 is 1.67 bits per heavy atom. The second-order valence-electron chi connectivity index (χ2n) is 5.11. The molecule has 0 radical (unpaired) electrons. The number of benzene rings is 2. The molecular weight excluding hydrogens is 262 g/mol. The minimum Gasteiger partial charge on any atom is -0.469 e. The number of methoxy groups -OCH3 is 1. The third-order valence-electron chi connectivity index (χ3n) is 3.45. The monoisotopic (exact) mass is 283 g/mol. The average molecular weight is 283 g/mol. The van der Waals surface area contributed by atoms with Crippen LogP contribution in [0.3, 0.4) is 0 Å². The van der Waals surface area contributed by atoms with Crippen LogP contribution in [0.1, 0.15) is 22.3 Å². The summed E-state index contributed by atoms with van der Waals surface area (Å²) in [4.78, 5) is 11.4. The van der Waals surface area contributed by atoms with Gasteiger partial charge in [-0.15, -0.1) is 0 Å². The molecular formula is C18H21NO2. The lowest BCUT2D eigenvalue weighted by atomic mass is 10.0. The van der Waals surface area contributed by atoms with Crippen molar-refractivity contribution in [3.8, 4) is 0 Å². The van der Waals surface area contributed by atoms with Crippen molar-refractivity contribution in [1.82, 2.24) is 5.32 Å². The summed E-state index contributed by atoms with van der Waals surface area (Å²) in [5.41, 5.74) is 4.67. The topological polar surface area (TPSA) is 38.3 Å². The molecule has 0 aliphatic carbocycles. The van der Waals surface area contributed by atoms with Crippen molar-refractivity contribution in [2.24, 2.45) is 0 Å². The quantitative estimate of drug-likeness (QED) is 0.828. The van der Waals surface area contributed by atoms with Gasteiger partial charge in [-0.25, -0.2) is 0 Å². The minimum absolute atomic E-state index is 0.207. The predicted molar refractivity (Wildman–Crippen MR) is 83.9 cm³/mol. The zero-order valence-corrected chi connectivity index (χ0v) is 12.6. The number of esters is 1. The number of rotatable bonds is 6. The summed E-state index contributed by atoms with van der Waals surface area (Å²) in [5.74, 6) is -0.207. The van der Waals surface area contributed by atoms with E-state index in [9.17, 15) is 4.79 Å². The molecule has 0 saturated carbocycles. The van der Waals surface area contributed by atoms with Crippen molar-refractivity contribution in [3.05, 3.63) is 70.8 Å². The molecule has 2 aromatic carbocycles. The van der Waals surface area contributed by atoms with Gasteiger partial charge in [0.2, 0.25) is 0 Å². The van der Waals surface area contributed by atoms with Gasteiger partial charge in [-0.05, 0) is 23.6 Å². The lowest BCUT2D eigenvalue weighted by molar-refractivity contribution is -0.139. The second-order valence-corrected chi connectivity index (χ2v) is 5.11. The summed E-state index contributed by atoms with van der Waals surface area (Å²) in [6.07, 6.45) is 0.318. The highest BCUT2D eigenvalue weighted by Gasteiger charge is 2.07. The number of aryl methyl sites for hydroxylation is 1. The minimum atomic E-state index is -0.207. The fourth-order valence-electron chi connectivity index (χ4n) is 2.18. The molecule has 1 N–H and O–H groups in total. The zero-order valence-electron chi connectivity index (χ0n) is 12.6. The molecule has 3 nitrogen and oxygen atoms in total. The van der Waals surface area contributed by atoms with Gasteiger partial charge >= 0.3 is 5.97 Å². The van der Waals surface area contributed by atoms with Crippen LogP contribution in [0.25, 0.3) is 0 Å². The molecule has 21 heavy (non-hydrogen) atoms. The van der Waals surface area contributed by atoms with Crippen molar-refractivity contribution in [2.75, 3.05) is 7.11 Å². The Balaban J connectivity index is 1.93. The Morgan fingerprint density at radius 3 is 2.33 bits per heavy atom. The average Bonchev–Trinajstić information content (AvgIpc) is 2.51. The van der Waals surface area contributed by atoms with Crippen LogP contribution in [-0.2, 0) is 29.0 Å². The molecule has 0 heterocycles. The third-order valence-corrected chi connectivity index (χ3v) is 3.45. The lowest BCUT2D eigenvalue weighted by Gasteiger charge is -2.10. The van der Waals surface area contributed by atoms with Gasteiger partial charge in [0.15, 0.2) is 0 Å². The van der Waals surface area contributed by atoms with Gasteiger partial charge in [0.05, 0.1) is 13.5 Å². The van der Waals surface area contributed by atoms with Crippen LogP contribution < -0.4 is 5.32 Å². The van der Waals surface area contributed by atoms with E-state index in [0.29, 0.717) is 6.42 Å². The predicted octanol–water partition coefficient (Wildman–Crippen LogP) is 3.00. The Morgan fingerprint density at radius 1 is 1.00 bits per heavy atom. The van der Waals surface area contributed by atoms with Gasteiger partial charge in [0.1, 0.15) is 0 Å². The van der Waals surface area contributed by atoms with Crippen molar-refractivity contribution in [2.45, 2.75) is 26.4 Å². The van der Waals surface area contributed by atoms with Gasteiger partial charge < -0.3 is 10.1 Å². The number of hydrogen-bond acceptors (Lipinski definition) is 3. The first-order valence-corrected chi connectivity index (χ1v) is 7.09. The van der Waals surface area contributed by atoms with Crippen LogP contribution in [0.5, 0.6) is 0 Å². The molecule has 2 aromatic rings. The standard InChI is InChI=1S/C18H21NO2/c1-14-7-9-15(10-8-14)12-19-13-17-6-4-3-5-16(17)11-18(20)21-2/h3-10,19H,11-13H2,1-2H3. The highest BCUT2D eigenvalue weighted by molar-refractivity contribution is 5.72. The summed E-state index contributed by atoms with van der Waals surface area (Å²) >= 11 is 0. The maximum absolute atomic E-state index is 11.4. The van der Waals surface area contributed by atoms with E-state index in [0.717, 1.165) is 24.2 Å². The Kier molecular flexibility index (Phi) is 5.52. The molecule has 0 aromatic heterocycles. The van der Waals surface area contributed by atoms with E-state index in [-0.39, 0.29) is 5.97 Å². The molecule has 3 heteroatoms. The summed E-state index contributed by atoms with van der Waals surface area (Å²) in [5, 5.41) is 3.42. The van der Waals surface area contributed by atoms with Crippen molar-refractivity contribution < 1.29 is 9.53 Å². The molecule has 0 spiro atoms. The van der Waals surface area contributed by atoms with E-state index >= 15 is 0 Å². The maximum atomic E-state index is 11.4. The fraction of sp³-hybridized carbons (Fsp3) is 0.278. The van der Waals surface area contributed by atoms with Crippen molar-refractivity contribution in [3.63, 3.8) is 0 Å². The van der Waals surface area contributed by atoms with E-state index in [4.69, 9.17) is 4.74 Å². The highest BCUT2D eigenvalue weighted by atomic mass is 16.5. The van der Waals surface area contributed by atoms with E-state index in [1.807, 2.05) is 24.3 Å². The Labute approximate surface area is 126 Å².